The summed E-state index contributed by atoms with van der Waals surface area (Å²) in [5, 5.41) is 8.74. The van der Waals surface area contributed by atoms with Gasteiger partial charge in [0.1, 0.15) is 5.82 Å². The fourth-order valence-corrected chi connectivity index (χ4v) is 1.99. The molecule has 0 aliphatic heterocycles. The zero-order valence-corrected chi connectivity index (χ0v) is 10.7. The number of para-hydroxylation sites is 1. The predicted molar refractivity (Wildman–Crippen MR) is 67.4 cm³/mol. The third-order valence-electron chi connectivity index (χ3n) is 2.15. The van der Waals surface area contributed by atoms with Crippen molar-refractivity contribution >= 4 is 23.4 Å². The van der Waals surface area contributed by atoms with Crippen molar-refractivity contribution in [2.45, 2.75) is 17.6 Å². The molecule has 0 saturated heterocycles. The number of H-pyrrole nitrogens is 1. The molecule has 1 aromatic heterocycles. The normalized spacial score (nSPS) is 10.7. The van der Waals surface area contributed by atoms with Crippen LogP contribution in [0.3, 0.4) is 0 Å². The van der Waals surface area contributed by atoms with Crippen molar-refractivity contribution in [1.29, 1.82) is 0 Å². The third kappa shape index (κ3) is 3.50. The van der Waals surface area contributed by atoms with E-state index in [0.717, 1.165) is 0 Å². The Morgan fingerprint density at radius 2 is 2.16 bits per heavy atom. The Kier molecular flexibility index (Phi) is 4.10. The second-order valence-electron chi connectivity index (χ2n) is 3.57. The summed E-state index contributed by atoms with van der Waals surface area (Å²) in [5.41, 5.74) is 0.306. The first-order valence-electron chi connectivity index (χ1n) is 5.30. The van der Waals surface area contributed by atoms with Gasteiger partial charge in [-0.15, -0.1) is 5.10 Å². The lowest BCUT2D eigenvalue weighted by Crippen LogP contribution is -2.14. The molecular formula is C11H10F2N4OS. The Bertz CT molecular complexity index is 588. The van der Waals surface area contributed by atoms with Gasteiger partial charge in [0.05, 0.1) is 5.69 Å². The molecule has 0 aliphatic carbocycles. The molecule has 1 amide bonds. The standard InChI is InChI=1S/C11H10F2N4OS/c1-6-14-9(17-16-6)10(18)15-7-4-2-3-5-8(7)19-11(12)13/h2-5,11H,1H3,(H,15,18)(H,14,16,17). The highest BCUT2D eigenvalue weighted by Gasteiger charge is 2.15. The van der Waals surface area contributed by atoms with Crippen LogP contribution in [-0.2, 0) is 0 Å². The lowest BCUT2D eigenvalue weighted by molar-refractivity contribution is 0.101. The largest absolute Gasteiger partial charge is 0.318 e. The number of amides is 1. The molecule has 1 aromatic carbocycles. The van der Waals surface area contributed by atoms with Crippen LogP contribution >= 0.6 is 11.8 Å². The number of alkyl halides is 2. The van der Waals surface area contributed by atoms with E-state index in [1.54, 1.807) is 25.1 Å². The SMILES string of the molecule is Cc1nc(C(=O)Nc2ccccc2SC(F)F)n[nH]1. The molecule has 19 heavy (non-hydrogen) atoms. The van der Waals surface area contributed by atoms with Gasteiger partial charge in [0.25, 0.3) is 11.7 Å². The summed E-state index contributed by atoms with van der Waals surface area (Å²) in [6.45, 7) is 1.66. The second-order valence-corrected chi connectivity index (χ2v) is 4.61. The highest BCUT2D eigenvalue weighted by atomic mass is 32.2. The number of halogens is 2. The number of aromatic nitrogens is 3. The molecule has 0 radical (unpaired) electrons. The number of benzene rings is 1. The zero-order chi connectivity index (χ0) is 13.8. The number of aryl methyl sites for hydroxylation is 1. The van der Waals surface area contributed by atoms with E-state index in [1.807, 2.05) is 0 Å². The van der Waals surface area contributed by atoms with Crippen molar-refractivity contribution < 1.29 is 13.6 Å². The highest BCUT2D eigenvalue weighted by Crippen LogP contribution is 2.31. The number of nitrogens with zero attached hydrogens (tertiary/aromatic N) is 2. The number of carbonyl (C=O) groups is 1. The topological polar surface area (TPSA) is 70.7 Å². The Morgan fingerprint density at radius 1 is 1.42 bits per heavy atom. The lowest BCUT2D eigenvalue weighted by Gasteiger charge is -2.08. The lowest BCUT2D eigenvalue weighted by atomic mass is 10.3. The summed E-state index contributed by atoms with van der Waals surface area (Å²) < 4.78 is 24.8. The van der Waals surface area contributed by atoms with Crippen LogP contribution in [0, 0.1) is 6.92 Å². The van der Waals surface area contributed by atoms with Gasteiger partial charge in [0.15, 0.2) is 0 Å². The van der Waals surface area contributed by atoms with Crippen molar-refractivity contribution in [3.63, 3.8) is 0 Å². The van der Waals surface area contributed by atoms with Crippen LogP contribution in [-0.4, -0.2) is 26.8 Å². The number of rotatable bonds is 4. The van der Waals surface area contributed by atoms with E-state index in [2.05, 4.69) is 20.5 Å². The zero-order valence-electron chi connectivity index (χ0n) is 9.85. The molecule has 0 saturated carbocycles. The second kappa shape index (κ2) is 5.79. The molecular weight excluding hydrogens is 274 g/mol. The summed E-state index contributed by atoms with van der Waals surface area (Å²) in [5.74, 6) is -2.63. The monoisotopic (exact) mass is 284 g/mol. The van der Waals surface area contributed by atoms with E-state index in [0.29, 0.717) is 23.3 Å². The minimum absolute atomic E-state index is 0.0330. The van der Waals surface area contributed by atoms with E-state index in [-0.39, 0.29) is 10.7 Å². The Balaban J connectivity index is 2.16. The molecule has 0 spiro atoms. The first-order chi connectivity index (χ1) is 9.06. The van der Waals surface area contributed by atoms with Crippen LogP contribution in [0.15, 0.2) is 29.2 Å². The molecule has 2 N–H and O–H groups in total. The van der Waals surface area contributed by atoms with Crippen molar-refractivity contribution in [2.24, 2.45) is 0 Å². The maximum absolute atomic E-state index is 12.4. The van der Waals surface area contributed by atoms with E-state index in [1.165, 1.54) is 6.07 Å². The van der Waals surface area contributed by atoms with Gasteiger partial charge in [-0.25, -0.2) is 4.98 Å². The Morgan fingerprint density at radius 3 is 2.79 bits per heavy atom. The van der Waals surface area contributed by atoms with Gasteiger partial charge >= 0.3 is 0 Å². The molecule has 0 fully saturated rings. The van der Waals surface area contributed by atoms with Crippen LogP contribution in [0.5, 0.6) is 0 Å². The molecule has 1 heterocycles. The summed E-state index contributed by atoms with van der Waals surface area (Å²) in [4.78, 5) is 16.0. The maximum Gasteiger partial charge on any atom is 0.295 e. The predicted octanol–water partition coefficient (Wildman–Crippen LogP) is 2.68. The Labute approximate surface area is 111 Å². The summed E-state index contributed by atoms with van der Waals surface area (Å²) in [6.07, 6.45) is 0. The number of hydrogen-bond donors (Lipinski definition) is 2. The fourth-order valence-electron chi connectivity index (χ4n) is 1.39. The van der Waals surface area contributed by atoms with Crippen LogP contribution in [0.25, 0.3) is 0 Å². The number of anilines is 1. The molecule has 5 nitrogen and oxygen atoms in total. The first-order valence-corrected chi connectivity index (χ1v) is 6.18. The molecule has 0 bridgehead atoms. The average molecular weight is 284 g/mol. The molecule has 2 rings (SSSR count). The molecule has 8 heteroatoms. The van der Waals surface area contributed by atoms with Gasteiger partial charge in [0, 0.05) is 4.90 Å². The minimum Gasteiger partial charge on any atom is -0.318 e. The number of aromatic amines is 1. The van der Waals surface area contributed by atoms with Gasteiger partial charge in [-0.3, -0.25) is 9.89 Å². The summed E-state index contributed by atoms with van der Waals surface area (Å²) >= 11 is 0.371. The molecule has 0 unspecified atom stereocenters. The highest BCUT2D eigenvalue weighted by molar-refractivity contribution is 7.99. The van der Waals surface area contributed by atoms with Gasteiger partial charge in [-0.1, -0.05) is 23.9 Å². The van der Waals surface area contributed by atoms with Gasteiger partial charge in [-0.2, -0.15) is 8.78 Å². The molecule has 2 aromatic rings. The van der Waals surface area contributed by atoms with Crippen molar-refractivity contribution in [3.8, 4) is 0 Å². The molecule has 0 aliphatic rings. The molecule has 0 atom stereocenters. The van der Waals surface area contributed by atoms with Crippen LogP contribution in [0.1, 0.15) is 16.4 Å². The maximum atomic E-state index is 12.4. The number of hydrogen-bond acceptors (Lipinski definition) is 4. The van der Waals surface area contributed by atoms with Gasteiger partial charge in [-0.05, 0) is 19.1 Å². The van der Waals surface area contributed by atoms with Gasteiger partial charge in [0.2, 0.25) is 5.82 Å². The number of thioether (sulfide) groups is 1. The smallest absolute Gasteiger partial charge is 0.295 e. The first kappa shape index (κ1) is 13.5. The van der Waals surface area contributed by atoms with E-state index in [9.17, 15) is 13.6 Å². The average Bonchev–Trinajstić information content (AvgIpc) is 2.78. The van der Waals surface area contributed by atoms with Crippen LogP contribution in [0.2, 0.25) is 0 Å². The molecule has 100 valence electrons. The number of carbonyl (C=O) groups excluding carboxylic acids is 1. The number of nitrogens with one attached hydrogen (secondary N) is 2. The van der Waals surface area contributed by atoms with E-state index in [4.69, 9.17) is 0 Å². The summed E-state index contributed by atoms with van der Waals surface area (Å²) in [7, 11) is 0. The third-order valence-corrected chi connectivity index (χ3v) is 2.94. The van der Waals surface area contributed by atoms with E-state index < -0.39 is 11.7 Å². The van der Waals surface area contributed by atoms with E-state index >= 15 is 0 Å². The fraction of sp³-hybridized carbons (Fsp3) is 0.182. The van der Waals surface area contributed by atoms with Crippen LogP contribution in [0.4, 0.5) is 14.5 Å². The summed E-state index contributed by atoms with van der Waals surface area (Å²) in [6, 6.07) is 6.32. The quantitative estimate of drug-likeness (QED) is 0.847. The Hall–Kier alpha value is -1.96. The van der Waals surface area contributed by atoms with Crippen molar-refractivity contribution in [3.05, 3.63) is 35.9 Å². The minimum atomic E-state index is -2.55. The van der Waals surface area contributed by atoms with Crippen molar-refractivity contribution in [1.82, 2.24) is 15.2 Å². The van der Waals surface area contributed by atoms with Crippen molar-refractivity contribution in [2.75, 3.05) is 5.32 Å². The van der Waals surface area contributed by atoms with Crippen LogP contribution < -0.4 is 5.32 Å². The van der Waals surface area contributed by atoms with Gasteiger partial charge < -0.3 is 5.32 Å².